The number of amides is 1. The van der Waals surface area contributed by atoms with Gasteiger partial charge in [-0.1, -0.05) is 12.1 Å². The lowest BCUT2D eigenvalue weighted by Crippen LogP contribution is -2.39. The van der Waals surface area contributed by atoms with E-state index in [1.807, 2.05) is 0 Å². The number of nitrogens with zero attached hydrogens (tertiary/aromatic N) is 1. The van der Waals surface area contributed by atoms with Gasteiger partial charge in [-0.3, -0.25) is 4.79 Å². The first-order valence-electron chi connectivity index (χ1n) is 8.47. The Labute approximate surface area is 140 Å². The smallest absolute Gasteiger partial charge is 0.341 e. The number of piperidine rings is 1. The average molecular weight is 340 g/mol. The SMILES string of the molecule is CN(Cc1cccc(C(F)(F)F)c1)C(=O)CC1CC2CCC(C1)N2. The second-order valence-corrected chi connectivity index (χ2v) is 7.13. The number of fused-ring (bicyclic) bond motifs is 2. The maximum Gasteiger partial charge on any atom is 0.416 e. The normalized spacial score (nSPS) is 26.4. The standard InChI is InChI=1S/C18H23F3N2O/c1-23(11-12-3-2-4-14(7-12)18(19,20)21)17(24)10-13-8-15-5-6-16(9-13)22-15/h2-4,7,13,15-16,22H,5-6,8-11H2,1H3. The molecular formula is C18H23F3N2O. The van der Waals surface area contributed by atoms with Crippen LogP contribution in [0.15, 0.2) is 24.3 Å². The number of halogens is 3. The molecule has 6 heteroatoms. The van der Waals surface area contributed by atoms with Crippen LogP contribution in [-0.2, 0) is 17.5 Å². The van der Waals surface area contributed by atoms with Gasteiger partial charge in [0.2, 0.25) is 5.91 Å². The summed E-state index contributed by atoms with van der Waals surface area (Å²) in [5, 5.41) is 3.55. The van der Waals surface area contributed by atoms with Crippen LogP contribution in [0.3, 0.4) is 0 Å². The second kappa shape index (κ2) is 6.75. The minimum atomic E-state index is -4.35. The van der Waals surface area contributed by atoms with Crippen LogP contribution in [-0.4, -0.2) is 29.9 Å². The first-order chi connectivity index (χ1) is 11.3. The Balaban J connectivity index is 1.56. The molecule has 1 amide bonds. The van der Waals surface area contributed by atoms with Gasteiger partial charge in [0.05, 0.1) is 5.56 Å². The lowest BCUT2D eigenvalue weighted by atomic mass is 9.89. The Hall–Kier alpha value is -1.56. The van der Waals surface area contributed by atoms with Crippen LogP contribution in [0.1, 0.15) is 43.2 Å². The van der Waals surface area contributed by atoms with Crippen molar-refractivity contribution in [3.05, 3.63) is 35.4 Å². The third-order valence-electron chi connectivity index (χ3n) is 5.13. The van der Waals surface area contributed by atoms with E-state index in [1.54, 1.807) is 18.0 Å². The van der Waals surface area contributed by atoms with Crippen LogP contribution in [0.5, 0.6) is 0 Å². The van der Waals surface area contributed by atoms with E-state index in [9.17, 15) is 18.0 Å². The van der Waals surface area contributed by atoms with Crippen LogP contribution in [0.4, 0.5) is 13.2 Å². The predicted molar refractivity (Wildman–Crippen MR) is 85.2 cm³/mol. The molecule has 2 aliphatic heterocycles. The van der Waals surface area contributed by atoms with Crippen molar-refractivity contribution in [2.24, 2.45) is 5.92 Å². The van der Waals surface area contributed by atoms with E-state index in [0.29, 0.717) is 30.0 Å². The summed E-state index contributed by atoms with van der Waals surface area (Å²) < 4.78 is 38.3. The highest BCUT2D eigenvalue weighted by Gasteiger charge is 2.34. The van der Waals surface area contributed by atoms with E-state index in [2.05, 4.69) is 5.32 Å². The van der Waals surface area contributed by atoms with Crippen molar-refractivity contribution in [1.29, 1.82) is 0 Å². The number of nitrogens with one attached hydrogen (secondary N) is 1. The molecule has 2 bridgehead atoms. The summed E-state index contributed by atoms with van der Waals surface area (Å²) in [4.78, 5) is 14.0. The largest absolute Gasteiger partial charge is 0.416 e. The number of carbonyl (C=O) groups excluding carboxylic acids is 1. The summed E-state index contributed by atoms with van der Waals surface area (Å²) in [6, 6.07) is 6.26. The first-order valence-corrected chi connectivity index (χ1v) is 8.47. The Bertz CT molecular complexity index is 590. The maximum atomic E-state index is 12.8. The highest BCUT2D eigenvalue weighted by atomic mass is 19.4. The lowest BCUT2D eigenvalue weighted by molar-refractivity contribution is -0.137. The molecular weight excluding hydrogens is 317 g/mol. The summed E-state index contributed by atoms with van der Waals surface area (Å²) in [6.07, 6.45) is 0.571. The van der Waals surface area contributed by atoms with Gasteiger partial charge in [-0.2, -0.15) is 13.2 Å². The molecule has 1 aromatic carbocycles. The molecule has 2 saturated heterocycles. The Morgan fingerprint density at radius 3 is 2.54 bits per heavy atom. The zero-order valence-electron chi connectivity index (χ0n) is 13.8. The molecule has 0 aromatic heterocycles. The van der Waals surface area contributed by atoms with Gasteiger partial charge in [0, 0.05) is 32.1 Å². The molecule has 2 unspecified atom stereocenters. The van der Waals surface area contributed by atoms with Crippen molar-refractivity contribution in [2.75, 3.05) is 7.05 Å². The summed E-state index contributed by atoms with van der Waals surface area (Å²) in [6.45, 7) is 0.209. The molecule has 24 heavy (non-hydrogen) atoms. The number of alkyl halides is 3. The third-order valence-corrected chi connectivity index (χ3v) is 5.13. The molecule has 1 aromatic rings. The molecule has 2 atom stereocenters. The predicted octanol–water partition coefficient (Wildman–Crippen LogP) is 3.58. The number of benzene rings is 1. The van der Waals surface area contributed by atoms with E-state index in [-0.39, 0.29) is 12.5 Å². The van der Waals surface area contributed by atoms with Crippen LogP contribution >= 0.6 is 0 Å². The van der Waals surface area contributed by atoms with Crippen molar-refractivity contribution in [1.82, 2.24) is 10.2 Å². The average Bonchev–Trinajstić information content (AvgIpc) is 2.85. The molecule has 0 radical (unpaired) electrons. The van der Waals surface area contributed by atoms with Crippen LogP contribution < -0.4 is 5.32 Å². The summed E-state index contributed by atoms with van der Waals surface area (Å²) >= 11 is 0. The highest BCUT2D eigenvalue weighted by Crippen LogP contribution is 2.33. The van der Waals surface area contributed by atoms with Gasteiger partial charge >= 0.3 is 6.18 Å². The van der Waals surface area contributed by atoms with E-state index in [1.165, 1.54) is 18.9 Å². The van der Waals surface area contributed by atoms with Crippen molar-refractivity contribution >= 4 is 5.91 Å². The Kier molecular flexibility index (Phi) is 4.85. The van der Waals surface area contributed by atoms with E-state index in [0.717, 1.165) is 25.0 Å². The van der Waals surface area contributed by atoms with Crippen LogP contribution in [0, 0.1) is 5.92 Å². The van der Waals surface area contributed by atoms with Crippen LogP contribution in [0.2, 0.25) is 0 Å². The Morgan fingerprint density at radius 2 is 1.92 bits per heavy atom. The second-order valence-electron chi connectivity index (χ2n) is 7.13. The molecule has 2 fully saturated rings. The minimum absolute atomic E-state index is 0.0127. The van der Waals surface area contributed by atoms with Gasteiger partial charge in [0.1, 0.15) is 0 Å². The lowest BCUT2D eigenvalue weighted by Gasteiger charge is -2.30. The van der Waals surface area contributed by atoms with E-state index < -0.39 is 11.7 Å². The van der Waals surface area contributed by atoms with Gasteiger partial charge in [0.15, 0.2) is 0 Å². The van der Waals surface area contributed by atoms with Crippen LogP contribution in [0.25, 0.3) is 0 Å². The zero-order valence-corrected chi connectivity index (χ0v) is 13.8. The quantitative estimate of drug-likeness (QED) is 0.909. The van der Waals surface area contributed by atoms with Gasteiger partial charge in [-0.15, -0.1) is 0 Å². The molecule has 0 aliphatic carbocycles. The number of hydrogen-bond acceptors (Lipinski definition) is 2. The molecule has 2 aliphatic rings. The van der Waals surface area contributed by atoms with E-state index in [4.69, 9.17) is 0 Å². The number of hydrogen-bond donors (Lipinski definition) is 1. The fourth-order valence-corrected chi connectivity index (χ4v) is 3.95. The summed E-state index contributed by atoms with van der Waals surface area (Å²) in [7, 11) is 1.66. The van der Waals surface area contributed by atoms with Crippen molar-refractivity contribution in [3.63, 3.8) is 0 Å². The monoisotopic (exact) mass is 340 g/mol. The topological polar surface area (TPSA) is 32.3 Å². The molecule has 1 N–H and O–H groups in total. The zero-order chi connectivity index (χ0) is 17.3. The fourth-order valence-electron chi connectivity index (χ4n) is 3.95. The number of carbonyl (C=O) groups is 1. The molecule has 0 spiro atoms. The molecule has 132 valence electrons. The first kappa shape index (κ1) is 17.3. The third kappa shape index (κ3) is 4.09. The summed E-state index contributed by atoms with van der Waals surface area (Å²) in [5.74, 6) is 0.402. The van der Waals surface area contributed by atoms with E-state index >= 15 is 0 Å². The van der Waals surface area contributed by atoms with Gasteiger partial charge in [0.25, 0.3) is 0 Å². The minimum Gasteiger partial charge on any atom is -0.341 e. The van der Waals surface area contributed by atoms with Crippen molar-refractivity contribution < 1.29 is 18.0 Å². The van der Waals surface area contributed by atoms with Gasteiger partial charge in [-0.05, 0) is 49.3 Å². The van der Waals surface area contributed by atoms with Gasteiger partial charge < -0.3 is 10.2 Å². The van der Waals surface area contributed by atoms with Gasteiger partial charge in [-0.25, -0.2) is 0 Å². The van der Waals surface area contributed by atoms with Crippen molar-refractivity contribution in [2.45, 2.75) is 56.9 Å². The fraction of sp³-hybridized carbons (Fsp3) is 0.611. The molecule has 2 heterocycles. The van der Waals surface area contributed by atoms with Crippen molar-refractivity contribution in [3.8, 4) is 0 Å². The Morgan fingerprint density at radius 1 is 1.25 bits per heavy atom. The summed E-state index contributed by atoms with van der Waals surface area (Å²) in [5.41, 5.74) is -0.165. The number of rotatable bonds is 4. The molecule has 0 saturated carbocycles. The molecule has 3 rings (SSSR count). The maximum absolute atomic E-state index is 12.8. The molecule has 3 nitrogen and oxygen atoms in total. The highest BCUT2D eigenvalue weighted by molar-refractivity contribution is 5.76.